The van der Waals surface area contributed by atoms with Gasteiger partial charge in [0.2, 0.25) is 5.91 Å². The van der Waals surface area contributed by atoms with Gasteiger partial charge in [-0.05, 0) is 11.1 Å². The average molecular weight is 298 g/mol. The lowest BCUT2D eigenvalue weighted by Crippen LogP contribution is -2.44. The van der Waals surface area contributed by atoms with Gasteiger partial charge in [0.15, 0.2) is 0 Å². The molecule has 0 spiro atoms. The summed E-state index contributed by atoms with van der Waals surface area (Å²) in [6.07, 6.45) is 2.71. The van der Waals surface area contributed by atoms with E-state index in [4.69, 9.17) is 10.5 Å². The molecule has 1 fully saturated rings. The number of hydrogen-bond donors (Lipinski definition) is 2. The van der Waals surface area contributed by atoms with Gasteiger partial charge in [-0.2, -0.15) is 5.10 Å². The topological polar surface area (TPSA) is 84.2 Å². The number of nitrogens with zero attached hydrogens (tertiary/aromatic N) is 2. The van der Waals surface area contributed by atoms with E-state index in [9.17, 15) is 4.79 Å². The maximum Gasteiger partial charge on any atom is 0.239 e. The quantitative estimate of drug-likeness (QED) is 0.750. The minimum absolute atomic E-state index is 0.306. The smallest absolute Gasteiger partial charge is 0.239 e. The molecule has 1 aliphatic heterocycles. The van der Waals surface area contributed by atoms with Crippen LogP contribution in [0.3, 0.4) is 0 Å². The molecule has 1 saturated heterocycles. The lowest BCUT2D eigenvalue weighted by atomic mass is 9.98. The summed E-state index contributed by atoms with van der Waals surface area (Å²) < 4.78 is 5.37. The number of aromatic amines is 1. The van der Waals surface area contributed by atoms with Gasteiger partial charge in [0.1, 0.15) is 6.04 Å². The second-order valence-electron chi connectivity index (χ2n) is 5.82. The van der Waals surface area contributed by atoms with E-state index in [0.717, 1.165) is 30.8 Å². The molecule has 4 rings (SSSR count). The van der Waals surface area contributed by atoms with Crippen LogP contribution in [-0.4, -0.2) is 47.3 Å². The van der Waals surface area contributed by atoms with Crippen molar-refractivity contribution >= 4 is 5.91 Å². The summed E-state index contributed by atoms with van der Waals surface area (Å²) in [5, 5.41) is 7.12. The number of nitrogens with one attached hydrogen (secondary N) is 1. The van der Waals surface area contributed by atoms with Gasteiger partial charge in [0, 0.05) is 30.6 Å². The lowest BCUT2D eigenvalue weighted by Gasteiger charge is -2.33. The predicted molar refractivity (Wildman–Crippen MR) is 81.2 cm³/mol. The Labute approximate surface area is 128 Å². The van der Waals surface area contributed by atoms with Crippen molar-refractivity contribution in [1.29, 1.82) is 0 Å². The number of H-pyrrole nitrogens is 1. The Hall–Kier alpha value is -2.18. The number of rotatable bonds is 3. The highest BCUT2D eigenvalue weighted by Crippen LogP contribution is 2.36. The molecule has 6 heteroatoms. The zero-order valence-corrected chi connectivity index (χ0v) is 12.2. The molecule has 1 atom stereocenters. The van der Waals surface area contributed by atoms with E-state index in [1.807, 2.05) is 12.3 Å². The third-order valence-electron chi connectivity index (χ3n) is 4.49. The number of nitrogens with two attached hydrogens (primary N) is 1. The first-order valence-electron chi connectivity index (χ1n) is 7.50. The van der Waals surface area contributed by atoms with Gasteiger partial charge in [-0.1, -0.05) is 18.2 Å². The number of aromatic nitrogens is 2. The molecule has 2 heterocycles. The third kappa shape index (κ3) is 2.12. The molecule has 0 bridgehead atoms. The number of hydrogen-bond acceptors (Lipinski definition) is 4. The molecule has 22 heavy (non-hydrogen) atoms. The maximum absolute atomic E-state index is 12.0. The minimum Gasteiger partial charge on any atom is -0.379 e. The summed E-state index contributed by atoms with van der Waals surface area (Å²) in [6, 6.07) is 5.78. The molecule has 6 nitrogen and oxygen atoms in total. The first-order chi connectivity index (χ1) is 10.7. The van der Waals surface area contributed by atoms with Crippen LogP contribution in [0.1, 0.15) is 22.7 Å². The van der Waals surface area contributed by atoms with Gasteiger partial charge in [0.05, 0.1) is 25.1 Å². The van der Waals surface area contributed by atoms with Crippen LogP contribution in [0, 0.1) is 0 Å². The Morgan fingerprint density at radius 3 is 2.91 bits per heavy atom. The van der Waals surface area contributed by atoms with Crippen LogP contribution in [0.15, 0.2) is 24.4 Å². The summed E-state index contributed by atoms with van der Waals surface area (Å²) in [4.78, 5) is 14.1. The molecule has 114 valence electrons. The zero-order valence-electron chi connectivity index (χ0n) is 12.2. The fourth-order valence-electron chi connectivity index (χ4n) is 3.45. The van der Waals surface area contributed by atoms with E-state index >= 15 is 0 Å². The van der Waals surface area contributed by atoms with Crippen molar-refractivity contribution in [2.24, 2.45) is 5.73 Å². The summed E-state index contributed by atoms with van der Waals surface area (Å²) in [5.74, 6) is -0.306. The molecule has 0 radical (unpaired) electrons. The Morgan fingerprint density at radius 2 is 2.14 bits per heavy atom. The summed E-state index contributed by atoms with van der Waals surface area (Å²) >= 11 is 0. The monoisotopic (exact) mass is 298 g/mol. The van der Waals surface area contributed by atoms with Gasteiger partial charge in [0.25, 0.3) is 0 Å². The van der Waals surface area contributed by atoms with Crippen LogP contribution < -0.4 is 5.73 Å². The summed E-state index contributed by atoms with van der Waals surface area (Å²) in [7, 11) is 0. The van der Waals surface area contributed by atoms with Crippen molar-refractivity contribution in [3.63, 3.8) is 0 Å². The molecule has 1 aliphatic carbocycles. The first kappa shape index (κ1) is 13.5. The zero-order chi connectivity index (χ0) is 15.1. The summed E-state index contributed by atoms with van der Waals surface area (Å²) in [5.41, 5.74) is 11.3. The normalized spacial score (nSPS) is 18.7. The van der Waals surface area contributed by atoms with Crippen LogP contribution >= 0.6 is 0 Å². The fourth-order valence-corrected chi connectivity index (χ4v) is 3.45. The van der Waals surface area contributed by atoms with Gasteiger partial charge in [-0.3, -0.25) is 14.8 Å². The van der Waals surface area contributed by atoms with Crippen molar-refractivity contribution in [2.75, 3.05) is 26.3 Å². The summed E-state index contributed by atoms with van der Waals surface area (Å²) in [6.45, 7) is 2.75. The van der Waals surface area contributed by atoms with Crippen molar-refractivity contribution in [1.82, 2.24) is 15.1 Å². The Bertz CT molecular complexity index is 719. The van der Waals surface area contributed by atoms with Crippen LogP contribution in [0.5, 0.6) is 0 Å². The molecular weight excluding hydrogens is 280 g/mol. The molecule has 2 aliphatic rings. The van der Waals surface area contributed by atoms with E-state index in [1.165, 1.54) is 16.7 Å². The number of amides is 1. The molecule has 1 unspecified atom stereocenters. The van der Waals surface area contributed by atoms with Crippen LogP contribution in [0.2, 0.25) is 0 Å². The molecule has 1 amide bonds. The fraction of sp³-hybridized carbons (Fsp3) is 0.375. The average Bonchev–Trinajstić information content (AvgIpc) is 3.08. The van der Waals surface area contributed by atoms with Gasteiger partial charge in [-0.15, -0.1) is 0 Å². The Balaban J connectivity index is 1.68. The number of primary amides is 1. The number of fused-ring (bicyclic) bond motifs is 3. The van der Waals surface area contributed by atoms with Crippen molar-refractivity contribution in [3.05, 3.63) is 41.1 Å². The molecule has 0 saturated carbocycles. The van der Waals surface area contributed by atoms with Crippen LogP contribution in [0.4, 0.5) is 0 Å². The van der Waals surface area contributed by atoms with Gasteiger partial charge >= 0.3 is 0 Å². The number of carbonyl (C=O) groups is 1. The first-order valence-corrected chi connectivity index (χ1v) is 7.50. The molecule has 1 aromatic carbocycles. The maximum atomic E-state index is 12.0. The lowest BCUT2D eigenvalue weighted by molar-refractivity contribution is -0.125. The van der Waals surface area contributed by atoms with Crippen LogP contribution in [-0.2, 0) is 16.0 Å². The van der Waals surface area contributed by atoms with Gasteiger partial charge in [-0.25, -0.2) is 0 Å². The Kier molecular flexibility index (Phi) is 3.20. The molecule has 3 N–H and O–H groups in total. The SMILES string of the molecule is NC(=O)C(c1ccc2c(c1)Cc1cn[nH]c1-2)N1CCOCC1. The highest BCUT2D eigenvalue weighted by atomic mass is 16.5. The van der Waals surface area contributed by atoms with Crippen molar-refractivity contribution in [3.8, 4) is 11.3 Å². The van der Waals surface area contributed by atoms with E-state index < -0.39 is 0 Å². The third-order valence-corrected chi connectivity index (χ3v) is 4.49. The largest absolute Gasteiger partial charge is 0.379 e. The predicted octanol–water partition coefficient (Wildman–Crippen LogP) is 0.839. The van der Waals surface area contributed by atoms with E-state index in [2.05, 4.69) is 27.2 Å². The highest BCUT2D eigenvalue weighted by molar-refractivity contribution is 5.82. The van der Waals surface area contributed by atoms with E-state index in [0.29, 0.717) is 13.2 Å². The van der Waals surface area contributed by atoms with E-state index in [-0.39, 0.29) is 11.9 Å². The van der Waals surface area contributed by atoms with Crippen molar-refractivity contribution in [2.45, 2.75) is 12.5 Å². The van der Waals surface area contributed by atoms with Gasteiger partial charge < -0.3 is 10.5 Å². The number of ether oxygens (including phenoxy) is 1. The number of benzene rings is 1. The van der Waals surface area contributed by atoms with Crippen LogP contribution in [0.25, 0.3) is 11.3 Å². The number of morpholine rings is 1. The second kappa shape index (κ2) is 5.23. The molecule has 1 aromatic heterocycles. The highest BCUT2D eigenvalue weighted by Gasteiger charge is 2.29. The molecule has 2 aromatic rings. The molecular formula is C16H18N4O2. The minimum atomic E-state index is -0.383. The van der Waals surface area contributed by atoms with E-state index in [1.54, 1.807) is 0 Å². The van der Waals surface area contributed by atoms with Crippen molar-refractivity contribution < 1.29 is 9.53 Å². The number of carbonyl (C=O) groups excluding carboxylic acids is 1. The standard InChI is InChI=1S/C16H18N4O2/c17-16(21)15(20-3-5-22-6-4-20)10-1-2-13-11(7-10)8-12-9-18-19-14(12)13/h1-2,7,9,15H,3-6,8H2,(H2,17,21)(H,18,19). The Morgan fingerprint density at radius 1 is 1.32 bits per heavy atom. The second-order valence-corrected chi connectivity index (χ2v) is 5.82.